The van der Waals surface area contributed by atoms with Crippen LogP contribution >= 0.6 is 0 Å². The maximum Gasteiger partial charge on any atom is 0.309 e. The molecular formula is C12H23NO6S. The molecule has 0 aliphatic carbocycles. The third-order valence-corrected chi connectivity index (χ3v) is 3.02. The van der Waals surface area contributed by atoms with E-state index in [0.717, 1.165) is 0 Å². The Bertz CT molecular complexity index is 437. The van der Waals surface area contributed by atoms with E-state index in [1.54, 1.807) is 27.7 Å². The summed E-state index contributed by atoms with van der Waals surface area (Å²) in [6.07, 6.45) is 0.401. The Morgan fingerprint density at radius 1 is 1.30 bits per heavy atom. The van der Waals surface area contributed by atoms with Crippen LogP contribution in [0, 0.1) is 5.92 Å². The van der Waals surface area contributed by atoms with Gasteiger partial charge in [0.1, 0.15) is 5.60 Å². The number of amides is 1. The summed E-state index contributed by atoms with van der Waals surface area (Å²) in [5.74, 6) is -1.69. The van der Waals surface area contributed by atoms with Crippen LogP contribution in [0.4, 0.5) is 0 Å². The summed E-state index contributed by atoms with van der Waals surface area (Å²) >= 11 is 0. The molecule has 7 nitrogen and oxygen atoms in total. The minimum Gasteiger partial charge on any atom is -0.460 e. The molecule has 1 amide bonds. The summed E-state index contributed by atoms with van der Waals surface area (Å²) in [7, 11) is -4.07. The van der Waals surface area contributed by atoms with Gasteiger partial charge in [0, 0.05) is 13.0 Å². The first-order valence-electron chi connectivity index (χ1n) is 6.35. The van der Waals surface area contributed by atoms with E-state index in [1.807, 2.05) is 0 Å². The highest BCUT2D eigenvalue weighted by atomic mass is 32.2. The van der Waals surface area contributed by atoms with E-state index in [9.17, 15) is 18.0 Å². The Morgan fingerprint density at radius 2 is 1.85 bits per heavy atom. The van der Waals surface area contributed by atoms with E-state index >= 15 is 0 Å². The van der Waals surface area contributed by atoms with Crippen LogP contribution in [-0.2, 0) is 24.4 Å². The normalized spacial score (nSPS) is 13.7. The molecule has 2 N–H and O–H groups in total. The molecule has 0 aliphatic rings. The average molecular weight is 309 g/mol. The second kappa shape index (κ2) is 7.58. The predicted molar refractivity (Wildman–Crippen MR) is 73.7 cm³/mol. The van der Waals surface area contributed by atoms with Crippen molar-refractivity contribution in [2.45, 2.75) is 46.1 Å². The largest absolute Gasteiger partial charge is 0.460 e. The first-order chi connectivity index (χ1) is 8.91. The Kier molecular flexibility index (Phi) is 7.15. The van der Waals surface area contributed by atoms with Crippen LogP contribution in [0.1, 0.15) is 40.5 Å². The molecule has 8 heteroatoms. The maximum atomic E-state index is 11.7. The Labute approximate surface area is 119 Å². The van der Waals surface area contributed by atoms with E-state index in [4.69, 9.17) is 9.29 Å². The molecule has 0 fully saturated rings. The van der Waals surface area contributed by atoms with Gasteiger partial charge < -0.3 is 10.1 Å². The molecule has 0 saturated heterocycles. The van der Waals surface area contributed by atoms with Crippen LogP contribution in [0.3, 0.4) is 0 Å². The predicted octanol–water partition coefficient (Wildman–Crippen LogP) is 0.748. The highest BCUT2D eigenvalue weighted by Crippen LogP contribution is 2.14. The number of carbonyl (C=O) groups is 2. The van der Waals surface area contributed by atoms with Gasteiger partial charge in [-0.05, 0) is 27.2 Å². The number of rotatable bonds is 7. The van der Waals surface area contributed by atoms with Crippen LogP contribution < -0.4 is 5.32 Å². The van der Waals surface area contributed by atoms with Crippen LogP contribution in [0.2, 0.25) is 0 Å². The van der Waals surface area contributed by atoms with Gasteiger partial charge in [0.25, 0.3) is 10.1 Å². The lowest BCUT2D eigenvalue weighted by molar-refractivity contribution is -0.159. The molecule has 0 heterocycles. The topological polar surface area (TPSA) is 110 Å². The van der Waals surface area contributed by atoms with Crippen molar-refractivity contribution in [2.24, 2.45) is 5.92 Å². The zero-order valence-corrected chi connectivity index (χ0v) is 13.1. The first-order valence-corrected chi connectivity index (χ1v) is 7.96. The maximum absolute atomic E-state index is 11.7. The molecule has 0 aromatic heterocycles. The fourth-order valence-electron chi connectivity index (χ4n) is 1.28. The summed E-state index contributed by atoms with van der Waals surface area (Å²) in [6, 6.07) is 0. The molecule has 0 aliphatic heterocycles. The van der Waals surface area contributed by atoms with Crippen molar-refractivity contribution in [3.63, 3.8) is 0 Å². The molecule has 0 aromatic rings. The van der Waals surface area contributed by atoms with Gasteiger partial charge in [0.2, 0.25) is 5.91 Å². The summed E-state index contributed by atoms with van der Waals surface area (Å²) in [4.78, 5) is 23.1. The second-order valence-electron chi connectivity index (χ2n) is 5.61. The number of nitrogens with one attached hydrogen (secondary N) is 1. The van der Waals surface area contributed by atoms with Crippen LogP contribution in [-0.4, -0.2) is 42.7 Å². The smallest absolute Gasteiger partial charge is 0.309 e. The lowest BCUT2D eigenvalue weighted by Crippen LogP contribution is -2.31. The minimum atomic E-state index is -4.07. The second-order valence-corrected chi connectivity index (χ2v) is 7.18. The molecule has 0 spiro atoms. The summed E-state index contributed by atoms with van der Waals surface area (Å²) in [5, 5.41) is 2.35. The third kappa shape index (κ3) is 10.7. The van der Waals surface area contributed by atoms with Gasteiger partial charge in [-0.15, -0.1) is 0 Å². The summed E-state index contributed by atoms with van der Waals surface area (Å²) in [5.41, 5.74) is -0.566. The van der Waals surface area contributed by atoms with E-state index < -0.39 is 27.4 Å². The number of hydrogen-bond donors (Lipinski definition) is 2. The van der Waals surface area contributed by atoms with E-state index in [2.05, 4.69) is 5.32 Å². The molecule has 0 unspecified atom stereocenters. The van der Waals surface area contributed by atoms with Gasteiger partial charge in [0.05, 0.1) is 11.7 Å². The molecule has 0 radical (unpaired) electrons. The van der Waals surface area contributed by atoms with E-state index in [0.29, 0.717) is 6.42 Å². The van der Waals surface area contributed by atoms with Crippen molar-refractivity contribution < 1.29 is 27.3 Å². The van der Waals surface area contributed by atoms with Gasteiger partial charge in [-0.1, -0.05) is 6.92 Å². The Hall–Kier alpha value is -1.15. The van der Waals surface area contributed by atoms with Crippen molar-refractivity contribution in [1.82, 2.24) is 5.32 Å². The molecule has 118 valence electrons. The third-order valence-electron chi connectivity index (χ3n) is 2.30. The number of esters is 1. The standard InChI is InChI=1S/C12H23NO6S/c1-9(11(15)19-12(2,3)4)5-6-10(14)13-7-8-20(16,17)18/h9H,5-8H2,1-4H3,(H,13,14)(H,16,17,18)/t9-/m1/s1. The number of hydrogen-bond acceptors (Lipinski definition) is 5. The van der Waals surface area contributed by atoms with Gasteiger partial charge in [-0.25, -0.2) is 0 Å². The van der Waals surface area contributed by atoms with Crippen LogP contribution in [0.25, 0.3) is 0 Å². The SMILES string of the molecule is C[C@H](CCC(=O)NCCS(=O)(=O)O)C(=O)OC(C)(C)C. The zero-order valence-electron chi connectivity index (χ0n) is 12.3. The lowest BCUT2D eigenvalue weighted by Gasteiger charge is -2.22. The summed E-state index contributed by atoms with van der Waals surface area (Å²) < 4.78 is 34.6. The zero-order chi connectivity index (χ0) is 16.0. The van der Waals surface area contributed by atoms with Crippen LogP contribution in [0.15, 0.2) is 0 Å². The van der Waals surface area contributed by atoms with Crippen molar-refractivity contribution in [3.05, 3.63) is 0 Å². The Morgan fingerprint density at radius 3 is 2.30 bits per heavy atom. The van der Waals surface area contributed by atoms with E-state index in [1.165, 1.54) is 0 Å². The van der Waals surface area contributed by atoms with Crippen molar-refractivity contribution >= 4 is 22.0 Å². The Balaban J connectivity index is 3.97. The van der Waals surface area contributed by atoms with Gasteiger partial charge in [-0.3, -0.25) is 14.1 Å². The highest BCUT2D eigenvalue weighted by molar-refractivity contribution is 7.85. The highest BCUT2D eigenvalue weighted by Gasteiger charge is 2.22. The van der Waals surface area contributed by atoms with Crippen molar-refractivity contribution in [1.29, 1.82) is 0 Å². The first kappa shape index (κ1) is 18.9. The monoisotopic (exact) mass is 309 g/mol. The molecule has 1 atom stereocenters. The fourth-order valence-corrected chi connectivity index (χ4v) is 1.64. The minimum absolute atomic E-state index is 0.0892. The molecule has 0 bridgehead atoms. The van der Waals surface area contributed by atoms with Crippen LogP contribution in [0.5, 0.6) is 0 Å². The number of ether oxygens (including phenoxy) is 1. The molecule has 0 saturated carbocycles. The van der Waals surface area contributed by atoms with Gasteiger partial charge >= 0.3 is 5.97 Å². The lowest BCUT2D eigenvalue weighted by atomic mass is 10.1. The molecule has 0 rings (SSSR count). The molecule has 0 aromatic carbocycles. The molecule has 20 heavy (non-hydrogen) atoms. The van der Waals surface area contributed by atoms with Gasteiger partial charge in [0.15, 0.2) is 0 Å². The van der Waals surface area contributed by atoms with E-state index in [-0.39, 0.29) is 24.8 Å². The average Bonchev–Trinajstić information content (AvgIpc) is 2.21. The molecular weight excluding hydrogens is 286 g/mol. The van der Waals surface area contributed by atoms with Crippen molar-refractivity contribution in [3.8, 4) is 0 Å². The summed E-state index contributed by atoms with van der Waals surface area (Å²) in [6.45, 7) is 6.80. The van der Waals surface area contributed by atoms with Crippen molar-refractivity contribution in [2.75, 3.05) is 12.3 Å². The quantitative estimate of drug-likeness (QED) is 0.530. The fraction of sp³-hybridized carbons (Fsp3) is 0.833. The van der Waals surface area contributed by atoms with Gasteiger partial charge in [-0.2, -0.15) is 8.42 Å². The number of carbonyl (C=O) groups excluding carboxylic acids is 2.